The number of alkyl halides is 2. The van der Waals surface area contributed by atoms with Crippen LogP contribution in [0.15, 0.2) is 4.52 Å². The van der Waals surface area contributed by atoms with Crippen molar-refractivity contribution in [1.82, 2.24) is 24.8 Å². The molecule has 4 heterocycles. The van der Waals surface area contributed by atoms with Gasteiger partial charge in [-0.2, -0.15) is 4.98 Å². The Morgan fingerprint density at radius 1 is 1.05 bits per heavy atom. The number of halogens is 2. The lowest BCUT2D eigenvalue weighted by atomic mass is 9.61. The number of nitrogens with zero attached hydrogens (tertiary/aromatic N) is 5. The number of piperidine rings is 2. The number of aliphatic hydroxyl groups is 1. The Morgan fingerprint density at radius 2 is 1.71 bits per heavy atom. The molecule has 11 nitrogen and oxygen atoms in total. The Bertz CT molecular complexity index is 1160. The summed E-state index contributed by atoms with van der Waals surface area (Å²) in [6, 6.07) is -0.813. The van der Waals surface area contributed by atoms with E-state index in [1.807, 2.05) is 0 Å². The fourth-order valence-electron chi connectivity index (χ4n) is 7.41. The van der Waals surface area contributed by atoms with Crippen LogP contribution < -0.4 is 0 Å². The molecule has 0 radical (unpaired) electrons. The summed E-state index contributed by atoms with van der Waals surface area (Å²) in [6.07, 6.45) is 2.10. The summed E-state index contributed by atoms with van der Waals surface area (Å²) in [5.41, 5.74) is -1.74. The molecule has 2 aliphatic carbocycles. The van der Waals surface area contributed by atoms with Crippen LogP contribution in [0.4, 0.5) is 13.6 Å². The third-order valence-electron chi connectivity index (χ3n) is 10.1. The summed E-state index contributed by atoms with van der Waals surface area (Å²) >= 11 is 0. The number of carbonyl (C=O) groups is 2. The van der Waals surface area contributed by atoms with Crippen molar-refractivity contribution < 1.29 is 37.5 Å². The summed E-state index contributed by atoms with van der Waals surface area (Å²) < 4.78 is 44.1. The summed E-state index contributed by atoms with van der Waals surface area (Å²) in [5.74, 6) is -2.59. The van der Waals surface area contributed by atoms with Crippen LogP contribution in [-0.2, 0) is 19.8 Å². The van der Waals surface area contributed by atoms with E-state index in [0.29, 0.717) is 70.5 Å². The van der Waals surface area contributed by atoms with Gasteiger partial charge in [0.1, 0.15) is 17.2 Å². The Labute approximate surface area is 244 Å². The molecule has 1 N–H and O–H groups in total. The zero-order valence-electron chi connectivity index (χ0n) is 24.8. The van der Waals surface area contributed by atoms with Gasteiger partial charge < -0.3 is 24.0 Å². The summed E-state index contributed by atoms with van der Waals surface area (Å²) in [5, 5.41) is 15.2. The largest absolute Gasteiger partial charge is 0.444 e. The van der Waals surface area contributed by atoms with Crippen LogP contribution >= 0.6 is 0 Å². The highest BCUT2D eigenvalue weighted by molar-refractivity contribution is 5.86. The Kier molecular flexibility index (Phi) is 7.53. The van der Waals surface area contributed by atoms with Crippen molar-refractivity contribution >= 4 is 12.0 Å². The number of rotatable bonds is 4. The SMILES string of the molecule is CC(C)(C)OC(=O)N1CC2(CCC2)[C@H](O)C[C@H]1C(=O)N1CCC(c2nc(C3CC(F)(F)C3)no2)(N2CCOCC2)CC1. The van der Waals surface area contributed by atoms with Crippen LogP contribution in [0, 0.1) is 5.41 Å². The first-order valence-corrected chi connectivity index (χ1v) is 15.3. The van der Waals surface area contributed by atoms with Crippen LogP contribution in [0.5, 0.6) is 0 Å². The maximum atomic E-state index is 14.0. The quantitative estimate of drug-likeness (QED) is 0.559. The van der Waals surface area contributed by atoms with E-state index in [1.165, 1.54) is 0 Å². The normalized spacial score (nSPS) is 29.6. The highest BCUT2D eigenvalue weighted by atomic mass is 19.3. The number of morpholine rings is 1. The molecule has 2 atom stereocenters. The van der Waals surface area contributed by atoms with Crippen molar-refractivity contribution in [2.24, 2.45) is 5.41 Å². The molecule has 0 bridgehead atoms. The van der Waals surface area contributed by atoms with Crippen molar-refractivity contribution in [3.05, 3.63) is 11.7 Å². The highest BCUT2D eigenvalue weighted by Gasteiger charge is 2.55. The minimum Gasteiger partial charge on any atom is -0.444 e. The first-order valence-electron chi connectivity index (χ1n) is 15.3. The molecule has 3 saturated heterocycles. The van der Waals surface area contributed by atoms with Gasteiger partial charge in [0.2, 0.25) is 17.7 Å². The van der Waals surface area contributed by atoms with Crippen LogP contribution in [-0.4, -0.2) is 112 Å². The number of carbonyl (C=O) groups excluding carboxylic acids is 2. The minimum atomic E-state index is -2.68. The Balaban J connectivity index is 1.20. The van der Waals surface area contributed by atoms with Gasteiger partial charge in [0.15, 0.2) is 5.82 Å². The Hall–Kier alpha value is -2.38. The van der Waals surface area contributed by atoms with Gasteiger partial charge >= 0.3 is 6.09 Å². The van der Waals surface area contributed by atoms with Crippen LogP contribution in [0.1, 0.15) is 89.8 Å². The summed E-state index contributed by atoms with van der Waals surface area (Å²) in [7, 11) is 0. The number of ether oxygens (including phenoxy) is 2. The molecule has 1 spiro atoms. The standard InChI is InChI=1S/C29H43F2N5O6/c1-26(2,3)41-25(39)36-18-27(5-4-6-27)21(37)15-20(36)23(38)34-9-7-28(8-10-34,35-11-13-40-14-12-35)24-32-22(33-42-24)19-16-29(30,31)17-19/h19-21,37H,4-18H2,1-3H3/t20-,21+/m0/s1. The molecule has 42 heavy (non-hydrogen) atoms. The number of aromatic nitrogens is 2. The second-order valence-corrected chi connectivity index (χ2v) is 14.0. The van der Waals surface area contributed by atoms with Crippen molar-refractivity contribution in [3.8, 4) is 0 Å². The molecule has 2 saturated carbocycles. The van der Waals surface area contributed by atoms with E-state index in [-0.39, 0.29) is 30.6 Å². The van der Waals surface area contributed by atoms with Gasteiger partial charge in [-0.15, -0.1) is 0 Å². The minimum absolute atomic E-state index is 0.183. The van der Waals surface area contributed by atoms with E-state index in [1.54, 1.807) is 30.6 Å². The van der Waals surface area contributed by atoms with E-state index in [0.717, 1.165) is 19.3 Å². The van der Waals surface area contributed by atoms with Crippen molar-refractivity contribution in [2.75, 3.05) is 45.9 Å². The van der Waals surface area contributed by atoms with Gasteiger partial charge in [-0.3, -0.25) is 14.6 Å². The molecule has 5 fully saturated rings. The van der Waals surface area contributed by atoms with Gasteiger partial charge in [-0.05, 0) is 46.5 Å². The lowest BCUT2D eigenvalue weighted by Gasteiger charge is -2.54. The predicted molar refractivity (Wildman–Crippen MR) is 145 cm³/mol. The summed E-state index contributed by atoms with van der Waals surface area (Å²) in [4.78, 5) is 37.6. The summed E-state index contributed by atoms with van der Waals surface area (Å²) in [6.45, 7) is 8.87. The highest BCUT2D eigenvalue weighted by Crippen LogP contribution is 2.50. The average molecular weight is 596 g/mol. The molecule has 5 aliphatic rings. The van der Waals surface area contributed by atoms with Gasteiger partial charge in [0.25, 0.3) is 0 Å². The average Bonchev–Trinajstić information content (AvgIpc) is 3.40. The number of aliphatic hydroxyl groups excluding tert-OH is 1. The van der Waals surface area contributed by atoms with Crippen molar-refractivity contribution in [1.29, 1.82) is 0 Å². The molecular formula is C29H43F2N5O6. The number of amides is 2. The molecule has 3 aliphatic heterocycles. The molecule has 0 aromatic carbocycles. The fourth-order valence-corrected chi connectivity index (χ4v) is 7.41. The van der Waals surface area contributed by atoms with E-state index < -0.39 is 41.2 Å². The fraction of sp³-hybridized carbons (Fsp3) is 0.862. The zero-order valence-corrected chi connectivity index (χ0v) is 24.8. The maximum absolute atomic E-state index is 14.0. The lowest BCUT2D eigenvalue weighted by Crippen LogP contribution is -2.65. The maximum Gasteiger partial charge on any atom is 0.410 e. The van der Waals surface area contributed by atoms with E-state index in [4.69, 9.17) is 14.0 Å². The Morgan fingerprint density at radius 3 is 2.29 bits per heavy atom. The van der Waals surface area contributed by atoms with Crippen molar-refractivity contribution in [3.63, 3.8) is 0 Å². The van der Waals surface area contributed by atoms with Crippen molar-refractivity contribution in [2.45, 2.75) is 107 Å². The molecular weight excluding hydrogens is 552 g/mol. The second kappa shape index (κ2) is 10.7. The van der Waals surface area contributed by atoms with E-state index in [9.17, 15) is 23.5 Å². The first kappa shape index (κ1) is 29.7. The molecule has 13 heteroatoms. The van der Waals surface area contributed by atoms with Gasteiger partial charge in [-0.25, -0.2) is 13.6 Å². The van der Waals surface area contributed by atoms with E-state index >= 15 is 0 Å². The van der Waals surface area contributed by atoms with Gasteiger partial charge in [0.05, 0.1) is 19.3 Å². The van der Waals surface area contributed by atoms with Gasteiger partial charge in [0, 0.05) is 63.3 Å². The molecule has 234 valence electrons. The first-order chi connectivity index (χ1) is 19.8. The number of hydrogen-bond acceptors (Lipinski definition) is 9. The zero-order chi connectivity index (χ0) is 29.9. The van der Waals surface area contributed by atoms with Gasteiger partial charge in [-0.1, -0.05) is 11.6 Å². The third-order valence-corrected chi connectivity index (χ3v) is 10.1. The van der Waals surface area contributed by atoms with Crippen LogP contribution in [0.25, 0.3) is 0 Å². The van der Waals surface area contributed by atoms with Crippen LogP contribution in [0.2, 0.25) is 0 Å². The lowest BCUT2D eigenvalue weighted by molar-refractivity contribution is -0.155. The molecule has 2 amide bonds. The topological polar surface area (TPSA) is 121 Å². The number of hydrogen-bond donors (Lipinski definition) is 1. The predicted octanol–water partition coefficient (Wildman–Crippen LogP) is 3.27. The molecule has 6 rings (SSSR count). The third kappa shape index (κ3) is 5.40. The monoisotopic (exact) mass is 595 g/mol. The smallest absolute Gasteiger partial charge is 0.410 e. The second-order valence-electron chi connectivity index (χ2n) is 14.0. The molecule has 1 aromatic heterocycles. The van der Waals surface area contributed by atoms with Crippen LogP contribution in [0.3, 0.4) is 0 Å². The molecule has 1 aromatic rings. The number of likely N-dealkylation sites (tertiary alicyclic amines) is 2. The molecule has 0 unspecified atom stereocenters. The van der Waals surface area contributed by atoms with E-state index in [2.05, 4.69) is 15.0 Å².